The van der Waals surface area contributed by atoms with Crippen LogP contribution in [0, 0.1) is 5.92 Å². The summed E-state index contributed by atoms with van der Waals surface area (Å²) in [4.78, 5) is 22.1. The van der Waals surface area contributed by atoms with Crippen LogP contribution in [-0.2, 0) is 14.3 Å². The number of ether oxygens (including phenoxy) is 1. The molecule has 0 fully saturated rings. The summed E-state index contributed by atoms with van der Waals surface area (Å²) in [5, 5.41) is 11.3. The predicted molar refractivity (Wildman–Crippen MR) is 60.1 cm³/mol. The van der Waals surface area contributed by atoms with Gasteiger partial charge in [0.1, 0.15) is 0 Å². The van der Waals surface area contributed by atoms with Gasteiger partial charge in [-0.25, -0.2) is 4.79 Å². The Morgan fingerprint density at radius 3 is 2.25 bits per heavy atom. The van der Waals surface area contributed by atoms with Crippen LogP contribution >= 0.6 is 0 Å². The molecule has 5 nitrogen and oxygen atoms in total. The SMILES string of the molecule is CCC(CC)CC(=O)NCC(OC)C(=O)O. The molecule has 5 heteroatoms. The molecule has 1 unspecified atom stereocenters. The van der Waals surface area contributed by atoms with Crippen molar-refractivity contribution in [3.05, 3.63) is 0 Å². The number of amides is 1. The normalized spacial score (nSPS) is 12.5. The number of carbonyl (C=O) groups is 2. The maximum Gasteiger partial charge on any atom is 0.334 e. The van der Waals surface area contributed by atoms with Crippen LogP contribution in [0.3, 0.4) is 0 Å². The summed E-state index contributed by atoms with van der Waals surface area (Å²) in [5.74, 6) is -0.812. The standard InChI is InChI=1S/C11H21NO4/c1-4-8(5-2)6-10(13)12-7-9(16-3)11(14)15/h8-9H,4-7H2,1-3H3,(H,12,13)(H,14,15). The Kier molecular flexibility index (Phi) is 7.54. The maximum atomic E-state index is 11.5. The molecule has 0 radical (unpaired) electrons. The molecular weight excluding hydrogens is 210 g/mol. The fourth-order valence-electron chi connectivity index (χ4n) is 1.39. The number of hydrogen-bond acceptors (Lipinski definition) is 3. The quantitative estimate of drug-likeness (QED) is 0.654. The lowest BCUT2D eigenvalue weighted by molar-refractivity contribution is -0.148. The monoisotopic (exact) mass is 231 g/mol. The number of carboxylic acids is 1. The van der Waals surface area contributed by atoms with Crippen molar-refractivity contribution in [3.63, 3.8) is 0 Å². The average Bonchev–Trinajstić information content (AvgIpc) is 2.26. The van der Waals surface area contributed by atoms with Crippen molar-refractivity contribution in [2.45, 2.75) is 39.2 Å². The van der Waals surface area contributed by atoms with Gasteiger partial charge in [0.15, 0.2) is 6.10 Å². The molecule has 0 spiro atoms. The molecule has 1 atom stereocenters. The molecule has 0 aromatic heterocycles. The summed E-state index contributed by atoms with van der Waals surface area (Å²) >= 11 is 0. The number of rotatable bonds is 8. The highest BCUT2D eigenvalue weighted by Crippen LogP contribution is 2.11. The fraction of sp³-hybridized carbons (Fsp3) is 0.818. The van der Waals surface area contributed by atoms with Crippen LogP contribution in [0.1, 0.15) is 33.1 Å². The highest BCUT2D eigenvalue weighted by atomic mass is 16.5. The topological polar surface area (TPSA) is 75.6 Å². The third kappa shape index (κ3) is 5.70. The molecule has 0 aliphatic carbocycles. The van der Waals surface area contributed by atoms with Gasteiger partial charge < -0.3 is 15.2 Å². The summed E-state index contributed by atoms with van der Waals surface area (Å²) in [6.45, 7) is 4.10. The van der Waals surface area contributed by atoms with Gasteiger partial charge >= 0.3 is 5.97 Å². The van der Waals surface area contributed by atoms with Crippen LogP contribution in [0.4, 0.5) is 0 Å². The zero-order chi connectivity index (χ0) is 12.6. The molecule has 0 aromatic carbocycles. The van der Waals surface area contributed by atoms with Crippen molar-refractivity contribution >= 4 is 11.9 Å². The van der Waals surface area contributed by atoms with E-state index in [4.69, 9.17) is 9.84 Å². The van der Waals surface area contributed by atoms with Gasteiger partial charge in [-0.1, -0.05) is 26.7 Å². The van der Waals surface area contributed by atoms with E-state index < -0.39 is 12.1 Å². The van der Waals surface area contributed by atoms with E-state index in [1.54, 1.807) is 0 Å². The van der Waals surface area contributed by atoms with E-state index in [2.05, 4.69) is 5.32 Å². The lowest BCUT2D eigenvalue weighted by Gasteiger charge is -2.14. The molecule has 0 rings (SSSR count). The van der Waals surface area contributed by atoms with E-state index in [1.165, 1.54) is 7.11 Å². The van der Waals surface area contributed by atoms with E-state index in [9.17, 15) is 9.59 Å². The van der Waals surface area contributed by atoms with Gasteiger partial charge in [0.25, 0.3) is 0 Å². The first-order chi connectivity index (χ1) is 7.54. The molecule has 0 aliphatic heterocycles. The Hall–Kier alpha value is -1.10. The highest BCUT2D eigenvalue weighted by Gasteiger charge is 2.18. The Balaban J connectivity index is 3.92. The third-order valence-electron chi connectivity index (χ3n) is 2.67. The van der Waals surface area contributed by atoms with Crippen molar-refractivity contribution in [3.8, 4) is 0 Å². The molecule has 0 bridgehead atoms. The molecule has 0 saturated heterocycles. The second-order valence-electron chi connectivity index (χ2n) is 3.75. The van der Waals surface area contributed by atoms with E-state index in [-0.39, 0.29) is 12.5 Å². The number of aliphatic carboxylic acids is 1. The summed E-state index contributed by atoms with van der Waals surface area (Å²) in [6.07, 6.45) is 1.39. The minimum atomic E-state index is -1.06. The molecular formula is C11H21NO4. The molecule has 0 aliphatic rings. The summed E-state index contributed by atoms with van der Waals surface area (Å²) in [7, 11) is 1.31. The van der Waals surface area contributed by atoms with Gasteiger partial charge in [-0.15, -0.1) is 0 Å². The van der Waals surface area contributed by atoms with Gasteiger partial charge in [0.2, 0.25) is 5.91 Å². The second kappa shape index (κ2) is 8.10. The number of nitrogens with one attached hydrogen (secondary N) is 1. The smallest absolute Gasteiger partial charge is 0.334 e. The predicted octanol–water partition coefficient (Wildman–Crippen LogP) is 1.03. The molecule has 0 aromatic rings. The Bertz CT molecular complexity index is 226. The van der Waals surface area contributed by atoms with Crippen molar-refractivity contribution in [2.24, 2.45) is 5.92 Å². The van der Waals surface area contributed by atoms with Crippen molar-refractivity contribution in [1.82, 2.24) is 5.32 Å². The maximum absolute atomic E-state index is 11.5. The van der Waals surface area contributed by atoms with Crippen molar-refractivity contribution in [1.29, 1.82) is 0 Å². The number of carbonyl (C=O) groups excluding carboxylic acids is 1. The Morgan fingerprint density at radius 1 is 1.31 bits per heavy atom. The third-order valence-corrected chi connectivity index (χ3v) is 2.67. The van der Waals surface area contributed by atoms with Crippen molar-refractivity contribution < 1.29 is 19.4 Å². The molecule has 1 amide bonds. The zero-order valence-corrected chi connectivity index (χ0v) is 10.2. The summed E-state index contributed by atoms with van der Waals surface area (Å²) in [5.41, 5.74) is 0. The van der Waals surface area contributed by atoms with Gasteiger partial charge in [-0.2, -0.15) is 0 Å². The first-order valence-electron chi connectivity index (χ1n) is 5.57. The molecule has 0 heterocycles. The van der Waals surface area contributed by atoms with E-state index >= 15 is 0 Å². The van der Waals surface area contributed by atoms with Crippen molar-refractivity contribution in [2.75, 3.05) is 13.7 Å². The van der Waals surface area contributed by atoms with E-state index in [0.717, 1.165) is 12.8 Å². The highest BCUT2D eigenvalue weighted by molar-refractivity contribution is 5.78. The first kappa shape index (κ1) is 14.9. The van der Waals surface area contributed by atoms with E-state index in [0.29, 0.717) is 12.3 Å². The second-order valence-corrected chi connectivity index (χ2v) is 3.75. The number of hydrogen-bond donors (Lipinski definition) is 2. The molecule has 2 N–H and O–H groups in total. The van der Waals surface area contributed by atoms with Crippen LogP contribution < -0.4 is 5.32 Å². The number of methoxy groups -OCH3 is 1. The van der Waals surface area contributed by atoms with Crippen LogP contribution in [0.2, 0.25) is 0 Å². The Labute approximate surface area is 96.2 Å². The van der Waals surface area contributed by atoms with Crippen LogP contribution in [0.5, 0.6) is 0 Å². The minimum absolute atomic E-state index is 0.0187. The van der Waals surface area contributed by atoms with Gasteiger partial charge in [-0.05, 0) is 5.92 Å². The first-order valence-corrected chi connectivity index (χ1v) is 5.57. The lowest BCUT2D eigenvalue weighted by Crippen LogP contribution is -2.38. The largest absolute Gasteiger partial charge is 0.479 e. The fourth-order valence-corrected chi connectivity index (χ4v) is 1.39. The van der Waals surface area contributed by atoms with Gasteiger partial charge in [-0.3, -0.25) is 4.79 Å². The lowest BCUT2D eigenvalue weighted by atomic mass is 9.99. The van der Waals surface area contributed by atoms with Crippen LogP contribution in [0.15, 0.2) is 0 Å². The molecule has 0 saturated carbocycles. The van der Waals surface area contributed by atoms with Crippen LogP contribution in [-0.4, -0.2) is 36.7 Å². The summed E-state index contributed by atoms with van der Waals surface area (Å²) < 4.78 is 4.71. The number of carboxylic acid groups (broad SMARTS) is 1. The Morgan fingerprint density at radius 2 is 1.88 bits per heavy atom. The van der Waals surface area contributed by atoms with Crippen LogP contribution in [0.25, 0.3) is 0 Å². The summed E-state index contributed by atoms with van der Waals surface area (Å²) in [6, 6.07) is 0. The van der Waals surface area contributed by atoms with E-state index in [1.807, 2.05) is 13.8 Å². The minimum Gasteiger partial charge on any atom is -0.479 e. The zero-order valence-electron chi connectivity index (χ0n) is 10.2. The molecule has 16 heavy (non-hydrogen) atoms. The average molecular weight is 231 g/mol. The molecule has 94 valence electrons. The van der Waals surface area contributed by atoms with Gasteiger partial charge in [0, 0.05) is 13.5 Å². The van der Waals surface area contributed by atoms with Gasteiger partial charge in [0.05, 0.1) is 6.54 Å².